The van der Waals surface area contributed by atoms with Gasteiger partial charge in [0, 0.05) is 15.1 Å². The fraction of sp³-hybridized carbons (Fsp3) is 0.600. The van der Waals surface area contributed by atoms with Gasteiger partial charge in [0.2, 0.25) is 0 Å². The van der Waals surface area contributed by atoms with E-state index in [4.69, 9.17) is 5.73 Å². The van der Waals surface area contributed by atoms with E-state index in [0.717, 1.165) is 10.2 Å². The predicted octanol–water partition coefficient (Wildman–Crippen LogP) is 5.87. The average molecular weight is 330 g/mol. The van der Waals surface area contributed by atoms with E-state index in [0.29, 0.717) is 0 Å². The monoisotopic (exact) mass is 329 g/mol. The van der Waals surface area contributed by atoms with Gasteiger partial charge in [0.05, 0.1) is 0 Å². The van der Waals surface area contributed by atoms with Crippen LogP contribution in [0.2, 0.25) is 0 Å². The highest BCUT2D eigenvalue weighted by Crippen LogP contribution is 2.29. The molecule has 0 radical (unpaired) electrons. The first-order chi connectivity index (χ1) is 8.74. The molecule has 0 saturated carbocycles. The van der Waals surface area contributed by atoms with Crippen LogP contribution < -0.4 is 5.73 Å². The first-order valence-corrected chi connectivity index (χ1v) is 8.69. The van der Waals surface area contributed by atoms with Crippen molar-refractivity contribution < 1.29 is 0 Å². The van der Waals surface area contributed by atoms with Gasteiger partial charge in [-0.2, -0.15) is 0 Å². The lowest BCUT2D eigenvalue weighted by atomic mass is 10.1. The van der Waals surface area contributed by atoms with Crippen molar-refractivity contribution in [1.82, 2.24) is 0 Å². The number of benzene rings is 1. The van der Waals surface area contributed by atoms with Crippen LogP contribution in [-0.4, -0.2) is 5.75 Å². The summed E-state index contributed by atoms with van der Waals surface area (Å²) in [6.45, 7) is 2.26. The minimum atomic E-state index is 0.821. The number of nitrogens with two attached hydrogens (primary N) is 1. The first-order valence-electron chi connectivity index (χ1n) is 6.92. The van der Waals surface area contributed by atoms with E-state index in [1.807, 2.05) is 23.9 Å². The van der Waals surface area contributed by atoms with Gasteiger partial charge in [-0.15, -0.1) is 11.8 Å². The fourth-order valence-electron chi connectivity index (χ4n) is 1.88. The highest BCUT2D eigenvalue weighted by atomic mass is 79.9. The van der Waals surface area contributed by atoms with Crippen molar-refractivity contribution in [3.63, 3.8) is 0 Å². The van der Waals surface area contributed by atoms with Crippen molar-refractivity contribution in [3.8, 4) is 0 Å². The van der Waals surface area contributed by atoms with Crippen molar-refractivity contribution in [2.24, 2.45) is 0 Å². The summed E-state index contributed by atoms with van der Waals surface area (Å²) in [4.78, 5) is 1.30. The van der Waals surface area contributed by atoms with Gasteiger partial charge in [-0.05, 0) is 46.3 Å². The van der Waals surface area contributed by atoms with Crippen LogP contribution in [0.3, 0.4) is 0 Å². The van der Waals surface area contributed by atoms with E-state index in [9.17, 15) is 0 Å². The Bertz CT molecular complexity index is 341. The lowest BCUT2D eigenvalue weighted by Gasteiger charge is -2.05. The molecule has 18 heavy (non-hydrogen) atoms. The summed E-state index contributed by atoms with van der Waals surface area (Å²) < 4.78 is 1.12. The van der Waals surface area contributed by atoms with Crippen LogP contribution in [0.25, 0.3) is 0 Å². The van der Waals surface area contributed by atoms with Gasteiger partial charge in [0.15, 0.2) is 0 Å². The van der Waals surface area contributed by atoms with Crippen molar-refractivity contribution >= 4 is 33.4 Å². The zero-order valence-electron chi connectivity index (χ0n) is 11.3. The van der Waals surface area contributed by atoms with E-state index >= 15 is 0 Å². The molecule has 2 N–H and O–H groups in total. The Hall–Kier alpha value is -0.150. The molecule has 0 spiro atoms. The van der Waals surface area contributed by atoms with Gasteiger partial charge in [0.25, 0.3) is 0 Å². The second-order valence-corrected chi connectivity index (χ2v) is 6.65. The molecule has 0 bridgehead atoms. The minimum absolute atomic E-state index is 0.821. The van der Waals surface area contributed by atoms with Crippen LogP contribution in [0.5, 0.6) is 0 Å². The Morgan fingerprint density at radius 2 is 1.72 bits per heavy atom. The zero-order valence-corrected chi connectivity index (χ0v) is 13.7. The molecule has 1 aromatic rings. The van der Waals surface area contributed by atoms with Gasteiger partial charge in [-0.25, -0.2) is 0 Å². The standard InChI is InChI=1S/C15H24BrNS/c1-2-3-4-5-6-7-8-11-18-15-10-9-13(17)12-14(15)16/h9-10,12H,2-8,11,17H2,1H3. The molecule has 0 unspecified atom stereocenters. The van der Waals surface area contributed by atoms with Gasteiger partial charge in [0.1, 0.15) is 0 Å². The topological polar surface area (TPSA) is 26.0 Å². The van der Waals surface area contributed by atoms with E-state index in [2.05, 4.69) is 28.9 Å². The van der Waals surface area contributed by atoms with Crippen molar-refractivity contribution in [3.05, 3.63) is 22.7 Å². The minimum Gasteiger partial charge on any atom is -0.399 e. The maximum Gasteiger partial charge on any atom is 0.0331 e. The molecular formula is C15H24BrNS. The van der Waals surface area contributed by atoms with Gasteiger partial charge >= 0.3 is 0 Å². The highest BCUT2D eigenvalue weighted by Gasteiger charge is 2.00. The van der Waals surface area contributed by atoms with Crippen LogP contribution in [0.4, 0.5) is 5.69 Å². The van der Waals surface area contributed by atoms with Crippen LogP contribution in [0.1, 0.15) is 51.9 Å². The molecule has 0 aliphatic heterocycles. The third-order valence-corrected chi connectivity index (χ3v) is 5.04. The van der Waals surface area contributed by atoms with E-state index < -0.39 is 0 Å². The zero-order chi connectivity index (χ0) is 13.2. The Morgan fingerprint density at radius 1 is 1.06 bits per heavy atom. The van der Waals surface area contributed by atoms with Crippen LogP contribution in [0, 0.1) is 0 Å². The number of nitrogen functional groups attached to an aromatic ring is 1. The van der Waals surface area contributed by atoms with Crippen molar-refractivity contribution in [2.45, 2.75) is 56.8 Å². The van der Waals surface area contributed by atoms with Gasteiger partial charge < -0.3 is 5.73 Å². The smallest absolute Gasteiger partial charge is 0.0331 e. The third kappa shape index (κ3) is 6.69. The normalized spacial score (nSPS) is 10.8. The molecule has 1 rings (SSSR count). The number of rotatable bonds is 9. The summed E-state index contributed by atoms with van der Waals surface area (Å²) in [6.07, 6.45) is 9.62. The van der Waals surface area contributed by atoms with Crippen LogP contribution in [-0.2, 0) is 0 Å². The first kappa shape index (κ1) is 15.9. The van der Waals surface area contributed by atoms with Gasteiger partial charge in [-0.3, -0.25) is 0 Å². The summed E-state index contributed by atoms with van der Waals surface area (Å²) in [5.74, 6) is 1.20. The number of anilines is 1. The Labute approximate surface area is 124 Å². The van der Waals surface area contributed by atoms with Crippen LogP contribution in [0.15, 0.2) is 27.6 Å². The summed E-state index contributed by atoms with van der Waals surface area (Å²) in [7, 11) is 0. The molecule has 1 nitrogen and oxygen atoms in total. The molecular weight excluding hydrogens is 306 g/mol. The molecule has 0 atom stereocenters. The molecule has 0 fully saturated rings. The molecule has 1 aromatic carbocycles. The predicted molar refractivity (Wildman–Crippen MR) is 87.3 cm³/mol. The van der Waals surface area contributed by atoms with Crippen LogP contribution >= 0.6 is 27.7 Å². The number of hydrogen-bond acceptors (Lipinski definition) is 2. The number of hydrogen-bond donors (Lipinski definition) is 1. The summed E-state index contributed by atoms with van der Waals surface area (Å²) in [5, 5.41) is 0. The summed E-state index contributed by atoms with van der Waals surface area (Å²) >= 11 is 5.48. The average Bonchev–Trinajstić information content (AvgIpc) is 2.35. The van der Waals surface area contributed by atoms with Crippen molar-refractivity contribution in [1.29, 1.82) is 0 Å². The third-order valence-electron chi connectivity index (χ3n) is 2.96. The lowest BCUT2D eigenvalue weighted by molar-refractivity contribution is 0.603. The SMILES string of the molecule is CCCCCCCCCSc1ccc(N)cc1Br. The Kier molecular flexibility index (Phi) is 8.60. The highest BCUT2D eigenvalue weighted by molar-refractivity contribution is 9.10. The quantitative estimate of drug-likeness (QED) is 0.348. The number of thioether (sulfide) groups is 1. The van der Waals surface area contributed by atoms with E-state index in [1.54, 1.807) is 0 Å². The molecule has 0 aliphatic carbocycles. The fourth-order valence-corrected chi connectivity index (χ4v) is 3.54. The molecule has 3 heteroatoms. The van der Waals surface area contributed by atoms with Crippen molar-refractivity contribution in [2.75, 3.05) is 11.5 Å². The molecule has 0 saturated heterocycles. The van der Waals surface area contributed by atoms with Gasteiger partial charge in [-0.1, -0.05) is 45.4 Å². The molecule has 0 aromatic heterocycles. The second kappa shape index (κ2) is 9.74. The molecule has 0 amide bonds. The Balaban J connectivity index is 2.07. The Morgan fingerprint density at radius 3 is 2.39 bits per heavy atom. The maximum absolute atomic E-state index is 5.72. The molecule has 102 valence electrons. The summed E-state index contributed by atoms with van der Waals surface area (Å²) in [6, 6.07) is 6.05. The van der Waals surface area contributed by atoms with E-state index in [1.165, 1.54) is 55.6 Å². The molecule has 0 aliphatic rings. The number of halogens is 1. The lowest BCUT2D eigenvalue weighted by Crippen LogP contribution is -1.86. The maximum atomic E-state index is 5.72. The summed E-state index contributed by atoms with van der Waals surface area (Å²) in [5.41, 5.74) is 6.54. The second-order valence-electron chi connectivity index (χ2n) is 4.66. The largest absolute Gasteiger partial charge is 0.399 e. The number of unbranched alkanes of at least 4 members (excludes halogenated alkanes) is 6. The van der Waals surface area contributed by atoms with E-state index in [-0.39, 0.29) is 0 Å². The molecule has 0 heterocycles.